The van der Waals surface area contributed by atoms with Gasteiger partial charge >= 0.3 is 0 Å². The summed E-state index contributed by atoms with van der Waals surface area (Å²) in [6.07, 6.45) is 0. The largest absolute Gasteiger partial charge is 0.398 e. The van der Waals surface area contributed by atoms with E-state index in [-0.39, 0.29) is 5.91 Å². The fourth-order valence-electron chi connectivity index (χ4n) is 2.03. The number of hydrogen-bond acceptors (Lipinski definition) is 3. The SMILES string of the molecule is CC(C)C(CNC(=O)c1cc(Br)ccc1N)N(C)C. The molecule has 0 aliphatic heterocycles. The molecule has 0 heterocycles. The maximum atomic E-state index is 12.1. The second kappa shape index (κ2) is 6.91. The van der Waals surface area contributed by atoms with E-state index in [1.807, 2.05) is 20.2 Å². The molecule has 1 aromatic rings. The second-order valence-electron chi connectivity index (χ2n) is 5.22. The van der Waals surface area contributed by atoms with Gasteiger partial charge in [-0.2, -0.15) is 0 Å². The van der Waals surface area contributed by atoms with E-state index in [0.717, 1.165) is 4.47 Å². The van der Waals surface area contributed by atoms with Gasteiger partial charge in [-0.25, -0.2) is 0 Å². The molecule has 1 aromatic carbocycles. The fraction of sp³-hybridized carbons (Fsp3) is 0.500. The summed E-state index contributed by atoms with van der Waals surface area (Å²) < 4.78 is 0.847. The first-order valence-corrected chi connectivity index (χ1v) is 7.12. The van der Waals surface area contributed by atoms with Gasteiger partial charge in [0.15, 0.2) is 0 Å². The van der Waals surface area contributed by atoms with Gasteiger partial charge in [-0.05, 0) is 38.2 Å². The number of rotatable bonds is 5. The number of nitrogens with two attached hydrogens (primary N) is 1. The molecular formula is C14H22BrN3O. The summed E-state index contributed by atoms with van der Waals surface area (Å²) in [7, 11) is 4.04. The molecule has 0 bridgehead atoms. The van der Waals surface area contributed by atoms with Gasteiger partial charge < -0.3 is 16.0 Å². The molecule has 0 saturated heterocycles. The van der Waals surface area contributed by atoms with Crippen molar-refractivity contribution in [1.29, 1.82) is 0 Å². The molecule has 1 amide bonds. The molecule has 1 unspecified atom stereocenters. The number of likely N-dealkylation sites (N-methyl/N-ethyl adjacent to an activating group) is 1. The molecule has 0 radical (unpaired) electrons. The quantitative estimate of drug-likeness (QED) is 0.816. The monoisotopic (exact) mass is 327 g/mol. The number of amides is 1. The third-order valence-corrected chi connectivity index (χ3v) is 3.66. The van der Waals surface area contributed by atoms with Gasteiger partial charge in [0.1, 0.15) is 0 Å². The summed E-state index contributed by atoms with van der Waals surface area (Å²) in [5, 5.41) is 2.95. The van der Waals surface area contributed by atoms with E-state index in [1.165, 1.54) is 0 Å². The van der Waals surface area contributed by atoms with Crippen LogP contribution in [-0.4, -0.2) is 37.5 Å². The van der Waals surface area contributed by atoms with Gasteiger partial charge in [-0.3, -0.25) is 4.79 Å². The summed E-state index contributed by atoms with van der Waals surface area (Å²) in [4.78, 5) is 14.3. The van der Waals surface area contributed by atoms with Crippen molar-refractivity contribution in [2.45, 2.75) is 19.9 Å². The number of carbonyl (C=O) groups excluding carboxylic acids is 1. The van der Waals surface area contributed by atoms with Crippen LogP contribution in [0.2, 0.25) is 0 Å². The lowest BCUT2D eigenvalue weighted by Crippen LogP contribution is -2.43. The number of anilines is 1. The van der Waals surface area contributed by atoms with Crippen molar-refractivity contribution in [1.82, 2.24) is 10.2 Å². The smallest absolute Gasteiger partial charge is 0.253 e. The van der Waals surface area contributed by atoms with Gasteiger partial charge in [0.2, 0.25) is 0 Å². The molecule has 3 N–H and O–H groups in total. The van der Waals surface area contributed by atoms with E-state index in [9.17, 15) is 4.79 Å². The van der Waals surface area contributed by atoms with Crippen molar-refractivity contribution < 1.29 is 4.79 Å². The molecule has 106 valence electrons. The van der Waals surface area contributed by atoms with Crippen molar-refractivity contribution in [3.8, 4) is 0 Å². The molecule has 1 rings (SSSR count). The van der Waals surface area contributed by atoms with Crippen LogP contribution in [0.1, 0.15) is 24.2 Å². The minimum absolute atomic E-state index is 0.133. The van der Waals surface area contributed by atoms with E-state index in [1.54, 1.807) is 12.1 Å². The third kappa shape index (κ3) is 4.51. The first-order chi connectivity index (χ1) is 8.82. The van der Waals surface area contributed by atoms with E-state index in [2.05, 4.69) is 40.0 Å². The normalized spacial score (nSPS) is 12.8. The molecule has 0 aliphatic rings. The van der Waals surface area contributed by atoms with E-state index in [4.69, 9.17) is 5.73 Å². The van der Waals surface area contributed by atoms with Crippen LogP contribution < -0.4 is 11.1 Å². The zero-order chi connectivity index (χ0) is 14.6. The van der Waals surface area contributed by atoms with Crippen molar-refractivity contribution >= 4 is 27.5 Å². The minimum Gasteiger partial charge on any atom is -0.398 e. The molecule has 0 aromatic heterocycles. The molecule has 19 heavy (non-hydrogen) atoms. The Kier molecular flexibility index (Phi) is 5.82. The predicted molar refractivity (Wildman–Crippen MR) is 83.2 cm³/mol. The Morgan fingerprint density at radius 2 is 2.05 bits per heavy atom. The topological polar surface area (TPSA) is 58.4 Å². The van der Waals surface area contributed by atoms with Gasteiger partial charge in [-0.15, -0.1) is 0 Å². The fourth-order valence-corrected chi connectivity index (χ4v) is 2.39. The first-order valence-electron chi connectivity index (χ1n) is 6.32. The summed E-state index contributed by atoms with van der Waals surface area (Å²) in [5.41, 5.74) is 6.83. The Labute approximate surface area is 123 Å². The molecule has 0 spiro atoms. The van der Waals surface area contributed by atoms with Gasteiger partial charge in [-0.1, -0.05) is 29.8 Å². The third-order valence-electron chi connectivity index (χ3n) is 3.16. The Morgan fingerprint density at radius 3 is 2.58 bits per heavy atom. The van der Waals surface area contributed by atoms with Crippen LogP contribution in [0.15, 0.2) is 22.7 Å². The molecule has 0 saturated carbocycles. The number of nitrogens with zero attached hydrogens (tertiary/aromatic N) is 1. The van der Waals surface area contributed by atoms with Crippen molar-refractivity contribution in [3.63, 3.8) is 0 Å². The van der Waals surface area contributed by atoms with Crippen LogP contribution >= 0.6 is 15.9 Å². The van der Waals surface area contributed by atoms with Crippen LogP contribution in [0.5, 0.6) is 0 Å². The maximum absolute atomic E-state index is 12.1. The highest BCUT2D eigenvalue weighted by molar-refractivity contribution is 9.10. The minimum atomic E-state index is -0.133. The Bertz CT molecular complexity index is 438. The number of nitrogens with one attached hydrogen (secondary N) is 1. The molecule has 0 aliphatic carbocycles. The number of carbonyl (C=O) groups is 1. The van der Waals surface area contributed by atoms with Crippen molar-refractivity contribution in [3.05, 3.63) is 28.2 Å². The van der Waals surface area contributed by atoms with Crippen LogP contribution in [0, 0.1) is 5.92 Å². The Hall–Kier alpha value is -1.07. The summed E-state index contributed by atoms with van der Waals surface area (Å²) in [6, 6.07) is 5.59. The number of hydrogen-bond donors (Lipinski definition) is 2. The van der Waals surface area contributed by atoms with Crippen LogP contribution in [0.3, 0.4) is 0 Å². The summed E-state index contributed by atoms with van der Waals surface area (Å²) in [6.45, 7) is 4.89. The van der Waals surface area contributed by atoms with E-state index >= 15 is 0 Å². The Morgan fingerprint density at radius 1 is 1.42 bits per heavy atom. The Balaban J connectivity index is 2.72. The van der Waals surface area contributed by atoms with E-state index in [0.29, 0.717) is 29.8 Å². The average molecular weight is 328 g/mol. The summed E-state index contributed by atoms with van der Waals surface area (Å²) in [5.74, 6) is 0.335. The maximum Gasteiger partial charge on any atom is 0.253 e. The van der Waals surface area contributed by atoms with Crippen LogP contribution in [0.4, 0.5) is 5.69 Å². The van der Waals surface area contributed by atoms with E-state index < -0.39 is 0 Å². The van der Waals surface area contributed by atoms with Crippen molar-refractivity contribution in [2.75, 3.05) is 26.4 Å². The van der Waals surface area contributed by atoms with Gasteiger partial charge in [0.25, 0.3) is 5.91 Å². The highest BCUT2D eigenvalue weighted by Gasteiger charge is 2.18. The van der Waals surface area contributed by atoms with Crippen LogP contribution in [0.25, 0.3) is 0 Å². The zero-order valence-corrected chi connectivity index (χ0v) is 13.5. The average Bonchev–Trinajstić information content (AvgIpc) is 2.31. The van der Waals surface area contributed by atoms with Crippen molar-refractivity contribution in [2.24, 2.45) is 5.92 Å². The lowest BCUT2D eigenvalue weighted by Gasteiger charge is -2.28. The van der Waals surface area contributed by atoms with Crippen LogP contribution in [-0.2, 0) is 0 Å². The van der Waals surface area contributed by atoms with Gasteiger partial charge in [0, 0.05) is 22.7 Å². The lowest BCUT2D eigenvalue weighted by molar-refractivity contribution is 0.0935. The number of halogens is 1. The molecule has 5 heteroatoms. The number of benzene rings is 1. The molecule has 0 fully saturated rings. The second-order valence-corrected chi connectivity index (χ2v) is 6.13. The molecular weight excluding hydrogens is 306 g/mol. The highest BCUT2D eigenvalue weighted by Crippen LogP contribution is 2.18. The highest BCUT2D eigenvalue weighted by atomic mass is 79.9. The molecule has 4 nitrogen and oxygen atoms in total. The van der Waals surface area contributed by atoms with Gasteiger partial charge in [0.05, 0.1) is 5.56 Å². The molecule has 1 atom stereocenters. The number of nitrogen functional groups attached to an aromatic ring is 1. The first kappa shape index (κ1) is 16.0. The lowest BCUT2D eigenvalue weighted by atomic mass is 10.0. The zero-order valence-electron chi connectivity index (χ0n) is 11.9. The predicted octanol–water partition coefficient (Wildman–Crippen LogP) is 2.35. The summed E-state index contributed by atoms with van der Waals surface area (Å²) >= 11 is 3.35. The standard InChI is InChI=1S/C14H22BrN3O/c1-9(2)13(18(3)4)8-17-14(19)11-7-10(15)5-6-12(11)16/h5-7,9,13H,8,16H2,1-4H3,(H,17,19).